The first kappa shape index (κ1) is 29.1. The van der Waals surface area contributed by atoms with Gasteiger partial charge in [0.15, 0.2) is 0 Å². The van der Waals surface area contributed by atoms with Crippen LogP contribution in [0.2, 0.25) is 0 Å². The molecule has 8 heteroatoms. The van der Waals surface area contributed by atoms with Crippen LogP contribution in [0, 0.1) is 0 Å². The monoisotopic (exact) mass is 572 g/mol. The standard InChI is InChI=1S/C32H32N2O4S2/c1-37-29-21-23(13-15-27(29)33-31(35)17-19-39-25-9-5-3-6-10-25)24-14-16-28(30(22-24)38-2)34-32(36)18-20-40-26-11-7-4-8-12-26/h3-16,21-22H,17-20H2,1-2H3,(H,33,35)(H,34,36). The van der Waals surface area contributed by atoms with Gasteiger partial charge in [0.05, 0.1) is 25.6 Å². The molecule has 206 valence electrons. The predicted octanol–water partition coefficient (Wildman–Crippen LogP) is 7.61. The van der Waals surface area contributed by atoms with Gasteiger partial charge in [0.1, 0.15) is 11.5 Å². The Morgan fingerprint density at radius 3 is 1.38 bits per heavy atom. The van der Waals surface area contributed by atoms with Gasteiger partial charge in [0.2, 0.25) is 11.8 Å². The van der Waals surface area contributed by atoms with E-state index in [0.29, 0.717) is 47.2 Å². The molecule has 0 saturated heterocycles. The van der Waals surface area contributed by atoms with Crippen LogP contribution in [0.1, 0.15) is 12.8 Å². The summed E-state index contributed by atoms with van der Waals surface area (Å²) in [4.78, 5) is 27.4. The fourth-order valence-electron chi connectivity index (χ4n) is 3.93. The molecule has 0 fully saturated rings. The second-order valence-corrected chi connectivity index (χ2v) is 11.1. The Hall–Kier alpha value is -3.88. The van der Waals surface area contributed by atoms with Crippen molar-refractivity contribution < 1.29 is 19.1 Å². The second kappa shape index (κ2) is 15.1. The van der Waals surface area contributed by atoms with Gasteiger partial charge in [-0.3, -0.25) is 9.59 Å². The molecule has 0 heterocycles. The summed E-state index contributed by atoms with van der Waals surface area (Å²) in [7, 11) is 3.16. The zero-order valence-corrected chi connectivity index (χ0v) is 24.1. The lowest BCUT2D eigenvalue weighted by Crippen LogP contribution is -2.13. The molecular weight excluding hydrogens is 540 g/mol. The Kier molecular flexibility index (Phi) is 11.0. The van der Waals surface area contributed by atoms with Crippen molar-refractivity contribution in [2.45, 2.75) is 22.6 Å². The lowest BCUT2D eigenvalue weighted by molar-refractivity contribution is -0.116. The summed E-state index contributed by atoms with van der Waals surface area (Å²) in [6.45, 7) is 0. The summed E-state index contributed by atoms with van der Waals surface area (Å²) < 4.78 is 11.1. The number of methoxy groups -OCH3 is 2. The zero-order valence-electron chi connectivity index (χ0n) is 22.5. The molecule has 40 heavy (non-hydrogen) atoms. The first-order chi connectivity index (χ1) is 19.6. The average molecular weight is 573 g/mol. The SMILES string of the molecule is COc1cc(-c2ccc(NC(=O)CCSc3ccccc3)c(OC)c2)ccc1NC(=O)CCSc1ccccc1. The molecule has 4 aromatic rings. The summed E-state index contributed by atoms with van der Waals surface area (Å²) >= 11 is 3.30. The molecule has 4 rings (SSSR count). The van der Waals surface area contributed by atoms with E-state index in [9.17, 15) is 9.59 Å². The third-order valence-corrected chi connectivity index (χ3v) is 7.99. The molecule has 4 aromatic carbocycles. The van der Waals surface area contributed by atoms with Gasteiger partial charge in [-0.1, -0.05) is 48.5 Å². The molecule has 0 aliphatic carbocycles. The zero-order chi connectivity index (χ0) is 28.2. The number of nitrogens with one attached hydrogen (secondary N) is 2. The quantitative estimate of drug-likeness (QED) is 0.161. The Balaban J connectivity index is 1.35. The fourth-order valence-corrected chi connectivity index (χ4v) is 5.68. The normalized spacial score (nSPS) is 10.6. The first-order valence-corrected chi connectivity index (χ1v) is 14.8. The van der Waals surface area contributed by atoms with Crippen molar-refractivity contribution >= 4 is 46.7 Å². The molecule has 0 aromatic heterocycles. The molecule has 2 amide bonds. The highest BCUT2D eigenvalue weighted by Crippen LogP contribution is 2.35. The number of rotatable bonds is 13. The molecule has 2 N–H and O–H groups in total. The van der Waals surface area contributed by atoms with Crippen LogP contribution in [0.5, 0.6) is 11.5 Å². The number of carbonyl (C=O) groups excluding carboxylic acids is 2. The van der Waals surface area contributed by atoms with Crippen molar-refractivity contribution in [2.24, 2.45) is 0 Å². The minimum atomic E-state index is -0.0709. The van der Waals surface area contributed by atoms with E-state index < -0.39 is 0 Å². The molecular formula is C32H32N2O4S2. The summed E-state index contributed by atoms with van der Waals surface area (Å²) in [5.74, 6) is 2.36. The minimum absolute atomic E-state index is 0.0709. The first-order valence-electron chi connectivity index (χ1n) is 12.9. The Labute approximate surface area is 243 Å². The van der Waals surface area contributed by atoms with E-state index >= 15 is 0 Å². The third kappa shape index (κ3) is 8.56. The van der Waals surface area contributed by atoms with Crippen LogP contribution in [0.15, 0.2) is 107 Å². The van der Waals surface area contributed by atoms with Gasteiger partial charge < -0.3 is 20.1 Å². The number of hydrogen-bond donors (Lipinski definition) is 2. The van der Waals surface area contributed by atoms with Crippen LogP contribution in [0.3, 0.4) is 0 Å². The van der Waals surface area contributed by atoms with Crippen molar-refractivity contribution in [2.75, 3.05) is 36.4 Å². The van der Waals surface area contributed by atoms with Crippen LogP contribution in [0.4, 0.5) is 11.4 Å². The lowest BCUT2D eigenvalue weighted by atomic mass is 10.0. The highest BCUT2D eigenvalue weighted by atomic mass is 32.2. The molecule has 6 nitrogen and oxygen atoms in total. The van der Waals surface area contributed by atoms with Gasteiger partial charge in [0, 0.05) is 34.1 Å². The van der Waals surface area contributed by atoms with Crippen LogP contribution >= 0.6 is 23.5 Å². The number of hydrogen-bond acceptors (Lipinski definition) is 6. The maximum absolute atomic E-state index is 12.5. The number of amides is 2. The van der Waals surface area contributed by atoms with E-state index in [1.807, 2.05) is 97.1 Å². The fraction of sp³-hybridized carbons (Fsp3) is 0.188. The van der Waals surface area contributed by atoms with Gasteiger partial charge >= 0.3 is 0 Å². The Morgan fingerprint density at radius 2 is 1.00 bits per heavy atom. The van der Waals surface area contributed by atoms with Gasteiger partial charge in [-0.2, -0.15) is 0 Å². The molecule has 0 bridgehead atoms. The van der Waals surface area contributed by atoms with Crippen LogP contribution in [-0.2, 0) is 9.59 Å². The topological polar surface area (TPSA) is 76.7 Å². The highest BCUT2D eigenvalue weighted by molar-refractivity contribution is 7.99. The van der Waals surface area contributed by atoms with Gasteiger partial charge in [-0.25, -0.2) is 0 Å². The molecule has 0 atom stereocenters. The van der Waals surface area contributed by atoms with Gasteiger partial charge in [0.25, 0.3) is 0 Å². The summed E-state index contributed by atoms with van der Waals surface area (Å²) in [6.07, 6.45) is 0.777. The van der Waals surface area contributed by atoms with Gasteiger partial charge in [-0.05, 0) is 59.7 Å². The number of carbonyl (C=O) groups is 2. The van der Waals surface area contributed by atoms with Crippen LogP contribution < -0.4 is 20.1 Å². The number of ether oxygens (including phenoxy) is 2. The second-order valence-electron chi connectivity index (χ2n) is 8.75. The molecule has 0 radical (unpaired) electrons. The van der Waals surface area contributed by atoms with Crippen molar-refractivity contribution in [3.8, 4) is 22.6 Å². The average Bonchev–Trinajstić information content (AvgIpc) is 2.98. The smallest absolute Gasteiger partial charge is 0.225 e. The van der Waals surface area contributed by atoms with Crippen molar-refractivity contribution in [1.82, 2.24) is 0 Å². The van der Waals surface area contributed by atoms with E-state index in [1.165, 1.54) is 0 Å². The third-order valence-electron chi connectivity index (χ3n) is 5.97. The van der Waals surface area contributed by atoms with Crippen molar-refractivity contribution in [3.05, 3.63) is 97.1 Å². The summed E-state index contributed by atoms with van der Waals surface area (Å²) in [5, 5.41) is 5.91. The molecule has 0 aliphatic rings. The van der Waals surface area contributed by atoms with E-state index in [2.05, 4.69) is 10.6 Å². The summed E-state index contributed by atoms with van der Waals surface area (Å²) in [6, 6.07) is 31.3. The Bertz CT molecular complexity index is 1310. The highest BCUT2D eigenvalue weighted by Gasteiger charge is 2.13. The molecule has 0 unspecified atom stereocenters. The number of benzene rings is 4. The van der Waals surface area contributed by atoms with E-state index in [-0.39, 0.29) is 11.8 Å². The largest absolute Gasteiger partial charge is 0.495 e. The number of thioether (sulfide) groups is 2. The Morgan fingerprint density at radius 1 is 0.600 bits per heavy atom. The van der Waals surface area contributed by atoms with Crippen molar-refractivity contribution in [3.63, 3.8) is 0 Å². The maximum Gasteiger partial charge on any atom is 0.225 e. The number of anilines is 2. The van der Waals surface area contributed by atoms with E-state index in [0.717, 1.165) is 20.9 Å². The summed E-state index contributed by atoms with van der Waals surface area (Å²) in [5.41, 5.74) is 3.02. The van der Waals surface area contributed by atoms with Crippen LogP contribution in [0.25, 0.3) is 11.1 Å². The molecule has 0 aliphatic heterocycles. The van der Waals surface area contributed by atoms with E-state index in [1.54, 1.807) is 37.7 Å². The van der Waals surface area contributed by atoms with Crippen LogP contribution in [-0.4, -0.2) is 37.5 Å². The lowest BCUT2D eigenvalue weighted by Gasteiger charge is -2.14. The molecule has 0 saturated carbocycles. The van der Waals surface area contributed by atoms with Gasteiger partial charge in [-0.15, -0.1) is 23.5 Å². The van der Waals surface area contributed by atoms with Crippen molar-refractivity contribution in [1.29, 1.82) is 0 Å². The predicted molar refractivity (Wildman–Crippen MR) is 166 cm³/mol. The molecule has 0 spiro atoms. The van der Waals surface area contributed by atoms with E-state index in [4.69, 9.17) is 9.47 Å². The minimum Gasteiger partial charge on any atom is -0.495 e. The maximum atomic E-state index is 12.5.